The molecule has 0 amide bonds. The van der Waals surface area contributed by atoms with E-state index in [1.54, 1.807) is 18.2 Å². The van der Waals surface area contributed by atoms with Crippen LogP contribution in [-0.4, -0.2) is 20.8 Å². The molecule has 2 N–H and O–H groups in total. The minimum atomic E-state index is -3.14. The Bertz CT molecular complexity index is 511. The maximum Gasteiger partial charge on any atom is 0.154 e. The highest BCUT2D eigenvalue weighted by molar-refractivity contribution is 7.90. The second kappa shape index (κ2) is 6.80. The van der Waals surface area contributed by atoms with E-state index < -0.39 is 9.84 Å². The third kappa shape index (κ3) is 5.11. The van der Waals surface area contributed by atoms with Gasteiger partial charge < -0.3 is 10.5 Å². The monoisotopic (exact) mass is 285 g/mol. The van der Waals surface area contributed by atoms with E-state index >= 15 is 0 Å². The second-order valence-electron chi connectivity index (χ2n) is 4.87. The van der Waals surface area contributed by atoms with Gasteiger partial charge in [0, 0.05) is 11.3 Å². The first-order chi connectivity index (χ1) is 8.88. The summed E-state index contributed by atoms with van der Waals surface area (Å²) in [6.45, 7) is 6.31. The molecule has 1 unspecified atom stereocenters. The van der Waals surface area contributed by atoms with Gasteiger partial charge in [0.25, 0.3) is 0 Å². The van der Waals surface area contributed by atoms with Gasteiger partial charge in [-0.3, -0.25) is 0 Å². The highest BCUT2D eigenvalue weighted by Crippen LogP contribution is 2.24. The number of hydrogen-bond donors (Lipinski definition) is 1. The number of sulfone groups is 1. The zero-order valence-corrected chi connectivity index (χ0v) is 12.7. The predicted octanol–water partition coefficient (Wildman–Crippen LogP) is 2.63. The first-order valence-corrected chi connectivity index (χ1v) is 8.41. The average Bonchev–Trinajstić information content (AvgIpc) is 2.31. The third-order valence-corrected chi connectivity index (χ3v) is 4.82. The second-order valence-corrected chi connectivity index (χ2v) is 6.98. The Morgan fingerprint density at radius 1 is 1.32 bits per heavy atom. The van der Waals surface area contributed by atoms with Gasteiger partial charge in [0.05, 0.1) is 18.1 Å². The lowest BCUT2D eigenvalue weighted by Gasteiger charge is -2.13. The molecule has 4 nitrogen and oxygen atoms in total. The maximum absolute atomic E-state index is 12.1. The number of ether oxygens (including phenoxy) is 1. The lowest BCUT2D eigenvalue weighted by atomic mass is 10.2. The van der Waals surface area contributed by atoms with Crippen LogP contribution in [0.25, 0.3) is 0 Å². The van der Waals surface area contributed by atoms with Crippen molar-refractivity contribution in [1.82, 2.24) is 0 Å². The van der Waals surface area contributed by atoms with Crippen molar-refractivity contribution >= 4 is 15.5 Å². The molecular formula is C14H23NO3S. The summed E-state index contributed by atoms with van der Waals surface area (Å²) < 4.78 is 29.7. The fraction of sp³-hybridized carbons (Fsp3) is 0.571. The molecule has 0 fully saturated rings. The van der Waals surface area contributed by atoms with Crippen LogP contribution in [0.15, 0.2) is 18.2 Å². The van der Waals surface area contributed by atoms with Crippen LogP contribution in [0, 0.1) is 5.92 Å². The summed E-state index contributed by atoms with van der Waals surface area (Å²) in [6.07, 6.45) is 0.856. The van der Waals surface area contributed by atoms with E-state index in [-0.39, 0.29) is 17.4 Å². The van der Waals surface area contributed by atoms with Gasteiger partial charge in [0.1, 0.15) is 5.75 Å². The van der Waals surface area contributed by atoms with E-state index in [0.29, 0.717) is 23.6 Å². The van der Waals surface area contributed by atoms with Crippen LogP contribution >= 0.6 is 0 Å². The van der Waals surface area contributed by atoms with E-state index in [4.69, 9.17) is 10.5 Å². The zero-order valence-electron chi connectivity index (χ0n) is 11.8. The quantitative estimate of drug-likeness (QED) is 0.782. The van der Waals surface area contributed by atoms with Gasteiger partial charge in [-0.25, -0.2) is 8.42 Å². The summed E-state index contributed by atoms with van der Waals surface area (Å²) in [5.41, 5.74) is 6.92. The smallest absolute Gasteiger partial charge is 0.154 e. The Morgan fingerprint density at radius 2 is 2.00 bits per heavy atom. The Labute approximate surface area is 115 Å². The van der Waals surface area contributed by atoms with Gasteiger partial charge in [-0.2, -0.15) is 0 Å². The van der Waals surface area contributed by atoms with Crippen LogP contribution < -0.4 is 10.5 Å². The fourth-order valence-corrected chi connectivity index (χ4v) is 3.78. The van der Waals surface area contributed by atoms with Gasteiger partial charge in [-0.05, 0) is 31.0 Å². The number of anilines is 1. The molecule has 1 aromatic carbocycles. The lowest BCUT2D eigenvalue weighted by molar-refractivity contribution is 0.337. The summed E-state index contributed by atoms with van der Waals surface area (Å²) in [5.74, 6) is 0.952. The van der Waals surface area contributed by atoms with Crippen molar-refractivity contribution in [3.05, 3.63) is 23.8 Å². The van der Waals surface area contributed by atoms with E-state index in [0.717, 1.165) is 6.42 Å². The van der Waals surface area contributed by atoms with Crippen LogP contribution in [0.1, 0.15) is 32.8 Å². The van der Waals surface area contributed by atoms with Gasteiger partial charge in [0.2, 0.25) is 0 Å². The molecular weight excluding hydrogens is 262 g/mol. The zero-order chi connectivity index (χ0) is 14.5. The van der Waals surface area contributed by atoms with Gasteiger partial charge >= 0.3 is 0 Å². The van der Waals surface area contributed by atoms with Crippen LogP contribution in [0.3, 0.4) is 0 Å². The molecule has 0 bridgehead atoms. The molecule has 19 heavy (non-hydrogen) atoms. The Hall–Kier alpha value is -1.23. The van der Waals surface area contributed by atoms with E-state index in [2.05, 4.69) is 0 Å². The Morgan fingerprint density at radius 3 is 2.58 bits per heavy atom. The Kier molecular flexibility index (Phi) is 5.66. The van der Waals surface area contributed by atoms with Gasteiger partial charge in [-0.1, -0.05) is 20.3 Å². The van der Waals surface area contributed by atoms with Crippen molar-refractivity contribution in [2.75, 3.05) is 18.1 Å². The number of hydrogen-bond acceptors (Lipinski definition) is 4. The van der Waals surface area contributed by atoms with Crippen molar-refractivity contribution < 1.29 is 13.2 Å². The first-order valence-electron chi connectivity index (χ1n) is 6.59. The van der Waals surface area contributed by atoms with Crippen molar-refractivity contribution in [2.24, 2.45) is 5.92 Å². The third-order valence-electron chi connectivity index (χ3n) is 3.00. The number of nitrogens with two attached hydrogens (primary N) is 1. The van der Waals surface area contributed by atoms with Gasteiger partial charge in [0.15, 0.2) is 9.84 Å². The molecule has 0 saturated carbocycles. The highest BCUT2D eigenvalue weighted by Gasteiger charge is 2.18. The van der Waals surface area contributed by atoms with Crippen molar-refractivity contribution in [1.29, 1.82) is 0 Å². The molecule has 1 aromatic rings. The number of benzene rings is 1. The molecule has 1 rings (SSSR count). The molecule has 0 aliphatic rings. The van der Waals surface area contributed by atoms with Crippen LogP contribution in [0.5, 0.6) is 5.75 Å². The molecule has 0 saturated heterocycles. The SMILES string of the molecule is CCOc1ccc(N)cc1CS(=O)(=O)CC(C)CC. The number of rotatable bonds is 7. The van der Waals surface area contributed by atoms with Crippen molar-refractivity contribution in [2.45, 2.75) is 32.9 Å². The van der Waals surface area contributed by atoms with E-state index in [1.807, 2.05) is 20.8 Å². The highest BCUT2D eigenvalue weighted by atomic mass is 32.2. The van der Waals surface area contributed by atoms with Crippen LogP contribution in [0.2, 0.25) is 0 Å². The van der Waals surface area contributed by atoms with Crippen LogP contribution in [0.4, 0.5) is 5.69 Å². The van der Waals surface area contributed by atoms with Crippen molar-refractivity contribution in [3.8, 4) is 5.75 Å². The van der Waals surface area contributed by atoms with Crippen LogP contribution in [-0.2, 0) is 15.6 Å². The largest absolute Gasteiger partial charge is 0.494 e. The van der Waals surface area contributed by atoms with E-state index in [1.165, 1.54) is 0 Å². The topological polar surface area (TPSA) is 69.4 Å². The molecule has 0 spiro atoms. The first kappa shape index (κ1) is 15.8. The van der Waals surface area contributed by atoms with E-state index in [9.17, 15) is 8.42 Å². The fourth-order valence-electron chi connectivity index (χ4n) is 1.86. The summed E-state index contributed by atoms with van der Waals surface area (Å²) in [7, 11) is -3.14. The lowest BCUT2D eigenvalue weighted by Crippen LogP contribution is -2.16. The minimum absolute atomic E-state index is 0.0162. The molecule has 0 aliphatic heterocycles. The molecule has 1 atom stereocenters. The molecule has 0 radical (unpaired) electrons. The number of nitrogen functional groups attached to an aromatic ring is 1. The van der Waals surface area contributed by atoms with Crippen molar-refractivity contribution in [3.63, 3.8) is 0 Å². The minimum Gasteiger partial charge on any atom is -0.494 e. The molecule has 0 aromatic heterocycles. The molecule has 5 heteroatoms. The predicted molar refractivity (Wildman–Crippen MR) is 79.0 cm³/mol. The standard InChI is InChI=1S/C14H23NO3S/c1-4-11(3)9-19(16,17)10-12-8-13(15)6-7-14(12)18-5-2/h6-8,11H,4-5,9-10,15H2,1-3H3. The molecule has 0 heterocycles. The maximum atomic E-state index is 12.1. The summed E-state index contributed by atoms with van der Waals surface area (Å²) >= 11 is 0. The molecule has 0 aliphatic carbocycles. The Balaban J connectivity index is 2.94. The summed E-state index contributed by atoms with van der Waals surface area (Å²) in [5, 5.41) is 0. The van der Waals surface area contributed by atoms with Gasteiger partial charge in [-0.15, -0.1) is 0 Å². The average molecular weight is 285 g/mol. The molecule has 108 valence electrons. The summed E-state index contributed by atoms with van der Waals surface area (Å²) in [4.78, 5) is 0. The normalized spacial score (nSPS) is 13.2. The summed E-state index contributed by atoms with van der Waals surface area (Å²) in [6, 6.07) is 5.13.